The molecular weight excluding hydrogens is 546 g/mol. The van der Waals surface area contributed by atoms with E-state index in [9.17, 15) is 0 Å². The molecule has 0 atom stereocenters. The minimum absolute atomic E-state index is 0.857. The number of aromatic nitrogens is 3. The Balaban J connectivity index is 1.15. The highest BCUT2D eigenvalue weighted by molar-refractivity contribution is 5.82. The number of hydrogen-bond donors (Lipinski definition) is 0. The predicted octanol–water partition coefficient (Wildman–Crippen LogP) is 11.0. The summed E-state index contributed by atoms with van der Waals surface area (Å²) >= 11 is 0. The van der Waals surface area contributed by atoms with Gasteiger partial charge in [0.1, 0.15) is 0 Å². The average Bonchev–Trinajstić information content (AvgIpc) is 3.11. The van der Waals surface area contributed by atoms with E-state index in [2.05, 4.69) is 129 Å². The molecule has 0 aliphatic rings. The molecule has 0 radical (unpaired) electrons. The van der Waals surface area contributed by atoms with Gasteiger partial charge in [-0.15, -0.1) is 0 Å². The quantitative estimate of drug-likeness (QED) is 0.168. The van der Waals surface area contributed by atoms with Crippen molar-refractivity contribution in [3.63, 3.8) is 0 Å². The van der Waals surface area contributed by atoms with Crippen molar-refractivity contribution in [1.82, 2.24) is 15.0 Å². The van der Waals surface area contributed by atoms with Crippen LogP contribution in [0.2, 0.25) is 0 Å². The molecule has 6 aromatic rings. The highest BCUT2D eigenvalue weighted by Crippen LogP contribution is 2.28. The number of pyridine rings is 3. The first-order valence-electron chi connectivity index (χ1n) is 15.2. The number of rotatable bonds is 8. The second-order valence-corrected chi connectivity index (χ2v) is 11.1. The van der Waals surface area contributed by atoms with E-state index < -0.39 is 0 Å². The van der Waals surface area contributed by atoms with Gasteiger partial charge in [0.25, 0.3) is 0 Å². The van der Waals surface area contributed by atoms with Crippen LogP contribution in [-0.4, -0.2) is 15.0 Å². The van der Waals surface area contributed by atoms with Crippen LogP contribution in [-0.2, 0) is 0 Å². The summed E-state index contributed by atoms with van der Waals surface area (Å²) in [4.78, 5) is 14.2. The van der Waals surface area contributed by atoms with Gasteiger partial charge in [-0.2, -0.15) is 0 Å². The smallest absolute Gasteiger partial charge is 0.0886 e. The van der Waals surface area contributed by atoms with Crippen molar-refractivity contribution in [2.45, 2.75) is 20.8 Å². The van der Waals surface area contributed by atoms with Gasteiger partial charge >= 0.3 is 0 Å². The second kappa shape index (κ2) is 13.7. The average molecular weight is 582 g/mol. The first kappa shape index (κ1) is 29.4. The Morgan fingerprint density at radius 2 is 0.933 bits per heavy atom. The van der Waals surface area contributed by atoms with E-state index in [-0.39, 0.29) is 0 Å². The van der Waals surface area contributed by atoms with Crippen LogP contribution in [0.5, 0.6) is 0 Å². The molecule has 0 saturated heterocycles. The Bertz CT molecular complexity index is 1950. The highest BCUT2D eigenvalue weighted by atomic mass is 14.8. The molecular formula is C42H35N3. The zero-order valence-corrected chi connectivity index (χ0v) is 25.9. The van der Waals surface area contributed by atoms with E-state index in [0.29, 0.717) is 0 Å². The molecule has 0 aliphatic heterocycles. The third-order valence-corrected chi connectivity index (χ3v) is 7.87. The summed E-state index contributed by atoms with van der Waals surface area (Å²) in [7, 11) is 0. The fraction of sp³-hybridized carbons (Fsp3) is 0.0714. The Morgan fingerprint density at radius 3 is 1.36 bits per heavy atom. The molecule has 3 nitrogen and oxygen atoms in total. The molecule has 0 amide bonds. The van der Waals surface area contributed by atoms with E-state index >= 15 is 0 Å². The minimum atomic E-state index is 0.857. The lowest BCUT2D eigenvalue weighted by Crippen LogP contribution is -1.91. The summed E-state index contributed by atoms with van der Waals surface area (Å²) in [5, 5.41) is 0. The maximum Gasteiger partial charge on any atom is 0.0886 e. The van der Waals surface area contributed by atoms with Crippen molar-refractivity contribution in [3.05, 3.63) is 175 Å². The van der Waals surface area contributed by atoms with Crippen molar-refractivity contribution in [2.24, 2.45) is 0 Å². The number of hydrogen-bond acceptors (Lipinski definition) is 3. The molecule has 3 aromatic heterocycles. The summed E-state index contributed by atoms with van der Waals surface area (Å²) in [5.41, 5.74) is 14.1. The van der Waals surface area contributed by atoms with Gasteiger partial charge in [-0.1, -0.05) is 127 Å². The molecule has 6 rings (SSSR count). The van der Waals surface area contributed by atoms with E-state index in [1.54, 1.807) is 0 Å². The van der Waals surface area contributed by atoms with Crippen LogP contribution < -0.4 is 0 Å². The molecule has 45 heavy (non-hydrogen) atoms. The van der Waals surface area contributed by atoms with Crippen LogP contribution in [0.4, 0.5) is 0 Å². The summed E-state index contributed by atoms with van der Waals surface area (Å²) in [6.45, 7) is 6.34. The molecule has 0 N–H and O–H groups in total. The molecule has 0 fully saturated rings. The first-order chi connectivity index (χ1) is 22.1. The lowest BCUT2D eigenvalue weighted by Gasteiger charge is -2.09. The Hall–Kier alpha value is -5.67. The van der Waals surface area contributed by atoms with Crippen LogP contribution in [0.15, 0.2) is 164 Å². The minimum Gasteiger partial charge on any atom is -0.256 e. The molecule has 0 bridgehead atoms. The van der Waals surface area contributed by atoms with Crippen LogP contribution in [0.3, 0.4) is 0 Å². The first-order valence-corrected chi connectivity index (χ1v) is 15.2. The third kappa shape index (κ3) is 6.95. The van der Waals surface area contributed by atoms with Gasteiger partial charge in [0, 0.05) is 35.3 Å². The number of nitrogens with zero attached hydrogens (tertiary/aromatic N) is 3. The lowest BCUT2D eigenvalue weighted by atomic mass is 9.98. The molecule has 3 heteroatoms. The molecule has 0 aliphatic carbocycles. The second-order valence-electron chi connectivity index (χ2n) is 11.1. The van der Waals surface area contributed by atoms with Crippen LogP contribution in [0.25, 0.3) is 55.9 Å². The maximum absolute atomic E-state index is 4.80. The van der Waals surface area contributed by atoms with Gasteiger partial charge in [-0.25, -0.2) is 0 Å². The number of benzene rings is 3. The zero-order valence-electron chi connectivity index (χ0n) is 25.9. The van der Waals surface area contributed by atoms with Crippen molar-refractivity contribution in [1.29, 1.82) is 0 Å². The summed E-state index contributed by atoms with van der Waals surface area (Å²) < 4.78 is 0. The molecule has 218 valence electrons. The number of allylic oxidation sites excluding steroid dienone is 6. The van der Waals surface area contributed by atoms with Crippen molar-refractivity contribution >= 4 is 11.1 Å². The van der Waals surface area contributed by atoms with Crippen LogP contribution >= 0.6 is 0 Å². The highest BCUT2D eigenvalue weighted by Gasteiger charge is 2.07. The molecule has 0 unspecified atom stereocenters. The van der Waals surface area contributed by atoms with Gasteiger partial charge in [-0.05, 0) is 72.4 Å². The summed E-state index contributed by atoms with van der Waals surface area (Å²) in [6.07, 6.45) is 12.3. The van der Waals surface area contributed by atoms with E-state index in [1.165, 1.54) is 11.1 Å². The molecule has 3 heterocycles. The van der Waals surface area contributed by atoms with Gasteiger partial charge in [0.2, 0.25) is 0 Å². The van der Waals surface area contributed by atoms with Gasteiger partial charge in [0.15, 0.2) is 0 Å². The fourth-order valence-corrected chi connectivity index (χ4v) is 5.31. The van der Waals surface area contributed by atoms with Gasteiger partial charge in [0.05, 0.1) is 17.1 Å². The third-order valence-electron chi connectivity index (χ3n) is 7.87. The SMILES string of the molecule is C/C=C(\C=C/C(=C(C)C)c1ccc(-c2ccccc2)cn1)c1ccc(-c2ccc(-c3ccc(-c4ccccc4)cn3)nc2)cc1. The Morgan fingerprint density at radius 1 is 0.467 bits per heavy atom. The van der Waals surface area contributed by atoms with Crippen molar-refractivity contribution in [2.75, 3.05) is 0 Å². The summed E-state index contributed by atoms with van der Waals surface area (Å²) in [6, 6.07) is 41.8. The Labute approximate surface area is 266 Å². The summed E-state index contributed by atoms with van der Waals surface area (Å²) in [5.74, 6) is 0. The maximum atomic E-state index is 4.80. The van der Waals surface area contributed by atoms with E-state index in [1.807, 2.05) is 55.0 Å². The monoisotopic (exact) mass is 581 g/mol. The van der Waals surface area contributed by atoms with Gasteiger partial charge in [-0.3, -0.25) is 15.0 Å². The van der Waals surface area contributed by atoms with Crippen LogP contribution in [0.1, 0.15) is 32.0 Å². The van der Waals surface area contributed by atoms with Crippen molar-refractivity contribution < 1.29 is 0 Å². The Kier molecular flexibility index (Phi) is 8.98. The van der Waals surface area contributed by atoms with E-state index in [0.717, 1.165) is 61.6 Å². The fourth-order valence-electron chi connectivity index (χ4n) is 5.31. The topological polar surface area (TPSA) is 38.7 Å². The standard InChI is InChI=1S/C42H35N3/c1-4-31(19-23-39(30(2)3)40-24-20-36(27-43-40)32-11-7-5-8-12-32)34-15-17-35(18-16-34)38-22-26-42(45-29-38)41-25-21-37(28-44-41)33-13-9-6-10-14-33/h4-29H,1-3H3/b23-19-,31-4+. The normalized spacial score (nSPS) is 11.5. The van der Waals surface area contributed by atoms with Crippen LogP contribution in [0, 0.1) is 0 Å². The predicted molar refractivity (Wildman–Crippen MR) is 189 cm³/mol. The molecule has 3 aromatic carbocycles. The zero-order chi connectivity index (χ0) is 31.0. The van der Waals surface area contributed by atoms with E-state index in [4.69, 9.17) is 9.97 Å². The largest absolute Gasteiger partial charge is 0.256 e. The molecule has 0 spiro atoms. The van der Waals surface area contributed by atoms with Gasteiger partial charge < -0.3 is 0 Å². The van der Waals surface area contributed by atoms with Crippen molar-refractivity contribution in [3.8, 4) is 44.8 Å². The lowest BCUT2D eigenvalue weighted by molar-refractivity contribution is 1.25. The molecule has 0 saturated carbocycles.